The van der Waals surface area contributed by atoms with Gasteiger partial charge in [-0.05, 0) is 36.1 Å². The summed E-state index contributed by atoms with van der Waals surface area (Å²) in [5.74, 6) is 1.54. The maximum Gasteiger partial charge on any atom is 0.177 e. The first-order valence-corrected chi connectivity index (χ1v) is 6.27. The van der Waals surface area contributed by atoms with Crippen LogP contribution in [0, 0.1) is 0 Å². The van der Waals surface area contributed by atoms with Crippen LogP contribution in [0.2, 0.25) is 0 Å². The molecule has 0 unspecified atom stereocenters. The Hall–Kier alpha value is -2.16. The number of aromatic amines is 1. The van der Waals surface area contributed by atoms with Crippen LogP contribution >= 0.6 is 0 Å². The number of H-pyrrole nitrogens is 1. The van der Waals surface area contributed by atoms with Crippen LogP contribution < -0.4 is 0 Å². The van der Waals surface area contributed by atoms with Crippen molar-refractivity contribution in [1.82, 2.24) is 15.0 Å². The van der Waals surface area contributed by atoms with Crippen LogP contribution in [0.25, 0.3) is 11.2 Å². The zero-order valence-electron chi connectivity index (χ0n) is 9.93. The molecule has 2 aromatic heterocycles. The Balaban J connectivity index is 1.73. The van der Waals surface area contributed by atoms with Crippen molar-refractivity contribution in [3.8, 4) is 0 Å². The molecule has 0 spiro atoms. The maximum absolute atomic E-state index is 4.61. The Labute approximate surface area is 105 Å². The lowest BCUT2D eigenvalue weighted by Gasteiger charge is -2.03. The Morgan fingerprint density at radius 2 is 1.78 bits per heavy atom. The van der Waals surface area contributed by atoms with E-state index in [0.717, 1.165) is 29.8 Å². The van der Waals surface area contributed by atoms with Crippen LogP contribution in [0.3, 0.4) is 0 Å². The highest BCUT2D eigenvalue weighted by Crippen LogP contribution is 2.32. The Morgan fingerprint density at radius 3 is 2.50 bits per heavy atom. The molecule has 88 valence electrons. The number of imidazole rings is 1. The monoisotopic (exact) mass is 235 g/mol. The predicted octanol–water partition coefficient (Wildman–Crippen LogP) is 2.84. The van der Waals surface area contributed by atoms with Crippen molar-refractivity contribution in [3.05, 3.63) is 59.5 Å². The van der Waals surface area contributed by atoms with Crippen molar-refractivity contribution in [1.29, 1.82) is 0 Å². The van der Waals surface area contributed by atoms with Gasteiger partial charge in [0.1, 0.15) is 5.82 Å². The van der Waals surface area contributed by atoms with Crippen molar-refractivity contribution in [2.24, 2.45) is 0 Å². The standard InChI is InChI=1S/C15H13N3/c1-2-5-11-9-12(8-10(11)4-1)14-17-13-6-3-7-16-15(13)18-14/h1-7,12H,8-9H2,(H,16,17,18). The fourth-order valence-electron chi connectivity index (χ4n) is 2.81. The fraction of sp³-hybridized carbons (Fsp3) is 0.200. The molecule has 2 heterocycles. The van der Waals surface area contributed by atoms with Crippen molar-refractivity contribution >= 4 is 11.2 Å². The predicted molar refractivity (Wildman–Crippen MR) is 70.5 cm³/mol. The summed E-state index contributed by atoms with van der Waals surface area (Å²) >= 11 is 0. The fourth-order valence-corrected chi connectivity index (χ4v) is 2.81. The summed E-state index contributed by atoms with van der Waals surface area (Å²) in [7, 11) is 0. The zero-order valence-corrected chi connectivity index (χ0v) is 9.93. The van der Waals surface area contributed by atoms with Gasteiger partial charge < -0.3 is 4.98 Å². The summed E-state index contributed by atoms with van der Waals surface area (Å²) < 4.78 is 0. The molecule has 0 bridgehead atoms. The van der Waals surface area contributed by atoms with Gasteiger partial charge in [0.2, 0.25) is 0 Å². The first kappa shape index (κ1) is 9.83. The smallest absolute Gasteiger partial charge is 0.177 e. The van der Waals surface area contributed by atoms with Crippen LogP contribution in [0.1, 0.15) is 22.9 Å². The van der Waals surface area contributed by atoms with Gasteiger partial charge in [-0.15, -0.1) is 0 Å². The van der Waals surface area contributed by atoms with Gasteiger partial charge in [0, 0.05) is 12.1 Å². The number of pyridine rings is 1. The van der Waals surface area contributed by atoms with E-state index in [1.807, 2.05) is 12.1 Å². The van der Waals surface area contributed by atoms with E-state index < -0.39 is 0 Å². The second-order valence-electron chi connectivity index (χ2n) is 4.87. The molecule has 3 nitrogen and oxygen atoms in total. The number of nitrogens with one attached hydrogen (secondary N) is 1. The van der Waals surface area contributed by atoms with Crippen molar-refractivity contribution in [2.45, 2.75) is 18.8 Å². The molecule has 1 aliphatic rings. The van der Waals surface area contributed by atoms with Crippen LogP contribution in [-0.2, 0) is 12.8 Å². The van der Waals surface area contributed by atoms with Gasteiger partial charge in [0.25, 0.3) is 0 Å². The zero-order chi connectivity index (χ0) is 11.9. The van der Waals surface area contributed by atoms with Gasteiger partial charge in [0.05, 0.1) is 5.52 Å². The summed E-state index contributed by atoms with van der Waals surface area (Å²) in [5.41, 5.74) is 4.76. The highest BCUT2D eigenvalue weighted by molar-refractivity contribution is 5.70. The molecule has 0 radical (unpaired) electrons. The minimum absolute atomic E-state index is 0.469. The van der Waals surface area contributed by atoms with Crippen molar-refractivity contribution in [2.75, 3.05) is 0 Å². The molecule has 18 heavy (non-hydrogen) atoms. The van der Waals surface area contributed by atoms with Crippen LogP contribution in [0.15, 0.2) is 42.6 Å². The van der Waals surface area contributed by atoms with E-state index in [1.165, 1.54) is 11.1 Å². The number of fused-ring (bicyclic) bond motifs is 2. The molecule has 1 aliphatic carbocycles. The maximum atomic E-state index is 4.61. The van der Waals surface area contributed by atoms with Gasteiger partial charge in [-0.2, -0.15) is 0 Å². The third-order valence-corrected chi connectivity index (χ3v) is 3.71. The van der Waals surface area contributed by atoms with Gasteiger partial charge in [-0.3, -0.25) is 0 Å². The molecule has 0 saturated heterocycles. The molecular formula is C15H13N3. The number of hydrogen-bond donors (Lipinski definition) is 1. The average molecular weight is 235 g/mol. The van der Waals surface area contributed by atoms with Gasteiger partial charge in [-0.1, -0.05) is 24.3 Å². The molecule has 3 aromatic rings. The quantitative estimate of drug-likeness (QED) is 0.704. The van der Waals surface area contributed by atoms with Crippen LogP contribution in [0.5, 0.6) is 0 Å². The van der Waals surface area contributed by atoms with Gasteiger partial charge in [0.15, 0.2) is 5.65 Å². The molecule has 0 atom stereocenters. The number of nitrogens with zero attached hydrogens (tertiary/aromatic N) is 2. The molecule has 0 saturated carbocycles. The lowest BCUT2D eigenvalue weighted by Crippen LogP contribution is -2.00. The lowest BCUT2D eigenvalue weighted by atomic mass is 10.1. The minimum Gasteiger partial charge on any atom is -0.340 e. The number of aromatic nitrogens is 3. The summed E-state index contributed by atoms with van der Waals surface area (Å²) in [6.07, 6.45) is 3.95. The molecule has 4 rings (SSSR count). The summed E-state index contributed by atoms with van der Waals surface area (Å²) in [4.78, 5) is 12.3. The van der Waals surface area contributed by atoms with E-state index in [0.29, 0.717) is 5.92 Å². The summed E-state index contributed by atoms with van der Waals surface area (Å²) in [6.45, 7) is 0. The van der Waals surface area contributed by atoms with E-state index in [9.17, 15) is 0 Å². The highest BCUT2D eigenvalue weighted by Gasteiger charge is 2.24. The molecule has 3 heteroatoms. The Bertz CT molecular complexity index is 656. The van der Waals surface area contributed by atoms with Crippen molar-refractivity contribution in [3.63, 3.8) is 0 Å². The SMILES string of the molecule is c1ccc2c(c1)CC(c1nc3ncccc3[nH]1)C2. The first-order valence-electron chi connectivity index (χ1n) is 6.27. The number of hydrogen-bond acceptors (Lipinski definition) is 2. The van der Waals surface area contributed by atoms with Crippen molar-refractivity contribution < 1.29 is 0 Å². The van der Waals surface area contributed by atoms with Crippen LogP contribution in [-0.4, -0.2) is 15.0 Å². The molecule has 1 aromatic carbocycles. The third kappa shape index (κ3) is 1.44. The minimum atomic E-state index is 0.469. The third-order valence-electron chi connectivity index (χ3n) is 3.71. The number of benzene rings is 1. The van der Waals surface area contributed by atoms with E-state index in [1.54, 1.807) is 6.20 Å². The lowest BCUT2D eigenvalue weighted by molar-refractivity contribution is 0.696. The molecular weight excluding hydrogens is 222 g/mol. The van der Waals surface area contributed by atoms with E-state index >= 15 is 0 Å². The second kappa shape index (κ2) is 3.67. The largest absolute Gasteiger partial charge is 0.340 e. The van der Waals surface area contributed by atoms with E-state index in [-0.39, 0.29) is 0 Å². The Kier molecular flexibility index (Phi) is 2.00. The molecule has 0 fully saturated rings. The first-order chi connectivity index (χ1) is 8.90. The number of rotatable bonds is 1. The highest BCUT2D eigenvalue weighted by atomic mass is 15.0. The van der Waals surface area contributed by atoms with Gasteiger partial charge >= 0.3 is 0 Å². The normalized spacial score (nSPS) is 15.1. The second-order valence-corrected chi connectivity index (χ2v) is 4.87. The van der Waals surface area contributed by atoms with Crippen LogP contribution in [0.4, 0.5) is 0 Å². The topological polar surface area (TPSA) is 41.6 Å². The Morgan fingerprint density at radius 1 is 1.00 bits per heavy atom. The van der Waals surface area contributed by atoms with E-state index in [2.05, 4.69) is 39.2 Å². The van der Waals surface area contributed by atoms with E-state index in [4.69, 9.17) is 0 Å². The summed E-state index contributed by atoms with van der Waals surface area (Å²) in [6, 6.07) is 12.6. The average Bonchev–Trinajstić information content (AvgIpc) is 3.02. The molecule has 0 amide bonds. The van der Waals surface area contributed by atoms with Gasteiger partial charge in [-0.25, -0.2) is 9.97 Å². The molecule has 0 aliphatic heterocycles. The molecule has 1 N–H and O–H groups in total. The summed E-state index contributed by atoms with van der Waals surface area (Å²) in [5, 5.41) is 0.